The molecule has 0 N–H and O–H groups in total. The zero-order valence-electron chi connectivity index (χ0n) is 17.7. The molecule has 8 heteroatoms. The van der Waals surface area contributed by atoms with Crippen molar-refractivity contribution in [1.29, 1.82) is 0 Å². The molecule has 4 nitrogen and oxygen atoms in total. The Hall–Kier alpha value is -2.57. The maximum atomic E-state index is 13.1. The molecule has 0 radical (unpaired) electrons. The summed E-state index contributed by atoms with van der Waals surface area (Å²) in [6.45, 7) is 4.30. The van der Waals surface area contributed by atoms with E-state index in [2.05, 4.69) is 4.98 Å². The van der Waals surface area contributed by atoms with Gasteiger partial charge in [-0.25, -0.2) is 9.38 Å². The second kappa shape index (κ2) is 8.65. The van der Waals surface area contributed by atoms with E-state index in [9.17, 15) is 4.79 Å². The van der Waals surface area contributed by atoms with Crippen molar-refractivity contribution in [1.82, 2.24) is 9.38 Å². The van der Waals surface area contributed by atoms with Crippen molar-refractivity contribution >= 4 is 68.2 Å². The standard InChI is InChI=1S/C25H17Cl3N2O2S/c1-13-7-20-21(8-14(13)2)30-24(31)22(33-25(30)29-20)11-15-9-18(27)23(19(28)10-15)32-12-16-5-3-4-6-17(16)26/h3-11H,12H2,1-2H3/b22-11-. The molecular formula is C25H17Cl3N2O2S. The highest BCUT2D eigenvalue weighted by atomic mass is 35.5. The van der Waals surface area contributed by atoms with Gasteiger partial charge in [0.05, 0.1) is 25.6 Å². The summed E-state index contributed by atoms with van der Waals surface area (Å²) in [5, 5.41) is 1.32. The second-order valence-corrected chi connectivity index (χ2v) is 10.00. The Bertz CT molecular complexity index is 1630. The Labute approximate surface area is 208 Å². The largest absolute Gasteiger partial charge is 0.486 e. The highest BCUT2D eigenvalue weighted by Gasteiger charge is 2.14. The molecule has 0 amide bonds. The van der Waals surface area contributed by atoms with Gasteiger partial charge in [-0.05, 0) is 66.9 Å². The number of hydrogen-bond donors (Lipinski definition) is 0. The van der Waals surface area contributed by atoms with Gasteiger partial charge in [0.15, 0.2) is 10.7 Å². The van der Waals surface area contributed by atoms with Crippen LogP contribution in [0.3, 0.4) is 0 Å². The number of thiazole rings is 1. The summed E-state index contributed by atoms with van der Waals surface area (Å²) < 4.78 is 8.04. The first-order chi connectivity index (χ1) is 15.8. The number of aryl methyl sites for hydroxylation is 2. The molecule has 2 heterocycles. The minimum atomic E-state index is -0.118. The Kier molecular flexibility index (Phi) is 5.83. The van der Waals surface area contributed by atoms with E-state index in [0.29, 0.717) is 35.9 Å². The van der Waals surface area contributed by atoms with E-state index in [4.69, 9.17) is 39.5 Å². The average Bonchev–Trinajstić information content (AvgIpc) is 3.25. The third-order valence-corrected chi connectivity index (χ3v) is 7.40. The topological polar surface area (TPSA) is 43.6 Å². The van der Waals surface area contributed by atoms with Crippen molar-refractivity contribution < 1.29 is 4.74 Å². The summed E-state index contributed by atoms with van der Waals surface area (Å²) in [5.74, 6) is 0.371. The maximum absolute atomic E-state index is 13.1. The van der Waals surface area contributed by atoms with Crippen molar-refractivity contribution in [3.05, 3.63) is 101 Å². The minimum absolute atomic E-state index is 0.118. The first kappa shape index (κ1) is 22.2. The third kappa shape index (κ3) is 4.11. The Morgan fingerprint density at radius 3 is 2.42 bits per heavy atom. The van der Waals surface area contributed by atoms with Gasteiger partial charge in [-0.15, -0.1) is 0 Å². The van der Waals surface area contributed by atoms with Crippen molar-refractivity contribution in [3.63, 3.8) is 0 Å². The molecule has 0 aliphatic carbocycles. The second-order valence-electron chi connectivity index (χ2n) is 7.76. The number of benzene rings is 3. The fourth-order valence-electron chi connectivity index (χ4n) is 3.64. The van der Waals surface area contributed by atoms with Crippen LogP contribution in [0, 0.1) is 13.8 Å². The van der Waals surface area contributed by atoms with Crippen LogP contribution in [0.4, 0.5) is 0 Å². The number of rotatable bonds is 4. The highest BCUT2D eigenvalue weighted by Crippen LogP contribution is 2.35. The number of imidazole rings is 1. The molecule has 0 spiro atoms. The molecule has 0 fully saturated rings. The lowest BCUT2D eigenvalue weighted by Gasteiger charge is -2.11. The lowest BCUT2D eigenvalue weighted by Crippen LogP contribution is -2.22. The molecule has 0 bridgehead atoms. The fourth-order valence-corrected chi connectivity index (χ4v) is 5.43. The summed E-state index contributed by atoms with van der Waals surface area (Å²) in [6, 6.07) is 14.9. The predicted octanol–water partition coefficient (Wildman–Crippen LogP) is 6.61. The van der Waals surface area contributed by atoms with Gasteiger partial charge >= 0.3 is 0 Å². The van der Waals surface area contributed by atoms with Gasteiger partial charge in [0, 0.05) is 10.6 Å². The molecule has 0 unspecified atom stereocenters. The summed E-state index contributed by atoms with van der Waals surface area (Å²) in [5.41, 5.74) is 5.31. The van der Waals surface area contributed by atoms with Crippen LogP contribution in [0.25, 0.3) is 22.1 Å². The Morgan fingerprint density at radius 2 is 1.70 bits per heavy atom. The molecule has 0 saturated heterocycles. The van der Waals surface area contributed by atoms with Crippen molar-refractivity contribution in [2.75, 3.05) is 0 Å². The van der Waals surface area contributed by atoms with Gasteiger partial charge < -0.3 is 4.74 Å². The molecular weight excluding hydrogens is 499 g/mol. The monoisotopic (exact) mass is 514 g/mol. The summed E-state index contributed by atoms with van der Waals surface area (Å²) in [7, 11) is 0. The first-order valence-corrected chi connectivity index (χ1v) is 12.1. The van der Waals surface area contributed by atoms with Crippen molar-refractivity contribution in [2.24, 2.45) is 0 Å². The van der Waals surface area contributed by atoms with Gasteiger partial charge in [0.2, 0.25) is 0 Å². The average molecular weight is 516 g/mol. The molecule has 5 rings (SSSR count). The van der Waals surface area contributed by atoms with Crippen LogP contribution in [-0.4, -0.2) is 9.38 Å². The number of fused-ring (bicyclic) bond motifs is 3. The summed E-state index contributed by atoms with van der Waals surface area (Å²) in [4.78, 5) is 18.4. The van der Waals surface area contributed by atoms with E-state index in [0.717, 1.165) is 27.7 Å². The Balaban J connectivity index is 1.51. The number of halogens is 3. The van der Waals surface area contributed by atoms with Crippen LogP contribution in [0.15, 0.2) is 53.3 Å². The molecule has 5 aromatic rings. The number of aromatic nitrogens is 2. The molecule has 33 heavy (non-hydrogen) atoms. The smallest absolute Gasteiger partial charge is 0.274 e. The van der Waals surface area contributed by atoms with E-state index < -0.39 is 0 Å². The molecule has 0 atom stereocenters. The zero-order valence-corrected chi connectivity index (χ0v) is 20.7. The van der Waals surface area contributed by atoms with Crippen LogP contribution in [0.5, 0.6) is 5.75 Å². The molecule has 3 aromatic carbocycles. The lowest BCUT2D eigenvalue weighted by atomic mass is 10.1. The number of ether oxygens (including phenoxy) is 1. The molecule has 166 valence electrons. The SMILES string of the molecule is Cc1cc2nc3s/c(=C\c4cc(Cl)c(OCc5ccccc5Cl)c(Cl)c4)c(=O)n3c2cc1C. The van der Waals surface area contributed by atoms with Crippen molar-refractivity contribution in [2.45, 2.75) is 20.5 Å². The van der Waals surface area contributed by atoms with Gasteiger partial charge in [0.25, 0.3) is 5.56 Å². The van der Waals surface area contributed by atoms with Crippen LogP contribution in [0.1, 0.15) is 22.3 Å². The van der Waals surface area contributed by atoms with E-state index in [1.807, 2.05) is 44.2 Å². The first-order valence-electron chi connectivity index (χ1n) is 10.1. The fraction of sp³-hybridized carbons (Fsp3) is 0.120. The van der Waals surface area contributed by atoms with E-state index >= 15 is 0 Å². The van der Waals surface area contributed by atoms with E-state index in [1.54, 1.807) is 28.7 Å². The molecule has 0 saturated carbocycles. The lowest BCUT2D eigenvalue weighted by molar-refractivity contribution is 0.306. The summed E-state index contributed by atoms with van der Waals surface area (Å²) in [6.07, 6.45) is 1.77. The Morgan fingerprint density at radius 1 is 1.00 bits per heavy atom. The number of hydrogen-bond acceptors (Lipinski definition) is 4. The summed E-state index contributed by atoms with van der Waals surface area (Å²) >= 11 is 20.4. The number of nitrogens with zero attached hydrogens (tertiary/aromatic N) is 2. The van der Waals surface area contributed by atoms with Crippen LogP contribution >= 0.6 is 46.1 Å². The molecule has 0 aliphatic heterocycles. The van der Waals surface area contributed by atoms with Crippen LogP contribution < -0.4 is 14.8 Å². The van der Waals surface area contributed by atoms with Gasteiger partial charge in [-0.2, -0.15) is 0 Å². The minimum Gasteiger partial charge on any atom is -0.486 e. The third-order valence-electron chi connectivity index (χ3n) is 5.50. The molecule has 2 aromatic heterocycles. The van der Waals surface area contributed by atoms with Crippen LogP contribution in [-0.2, 0) is 6.61 Å². The van der Waals surface area contributed by atoms with Gasteiger partial charge in [0.1, 0.15) is 6.61 Å². The quantitative estimate of drug-likeness (QED) is 0.270. The van der Waals surface area contributed by atoms with E-state index in [-0.39, 0.29) is 12.2 Å². The van der Waals surface area contributed by atoms with Gasteiger partial charge in [-0.3, -0.25) is 4.79 Å². The van der Waals surface area contributed by atoms with Crippen molar-refractivity contribution in [3.8, 4) is 5.75 Å². The highest BCUT2D eigenvalue weighted by molar-refractivity contribution is 7.15. The van der Waals surface area contributed by atoms with Gasteiger partial charge in [-0.1, -0.05) is 64.3 Å². The maximum Gasteiger partial charge on any atom is 0.274 e. The normalized spacial score (nSPS) is 12.2. The predicted molar refractivity (Wildman–Crippen MR) is 137 cm³/mol. The van der Waals surface area contributed by atoms with Crippen LogP contribution in [0.2, 0.25) is 15.1 Å². The molecule has 0 aliphatic rings. The van der Waals surface area contributed by atoms with E-state index in [1.165, 1.54) is 11.3 Å². The zero-order chi connectivity index (χ0) is 23.3.